The molecule has 138 valence electrons. The number of carboxylic acid groups (broad SMARTS) is 1. The molecule has 1 aliphatic carbocycles. The Hall–Kier alpha value is -2.77. The first-order valence-electron chi connectivity index (χ1n) is 8.80. The van der Waals surface area contributed by atoms with Crippen molar-refractivity contribution in [3.8, 4) is 5.75 Å². The van der Waals surface area contributed by atoms with E-state index in [1.54, 1.807) is 30.0 Å². The molecule has 8 nitrogen and oxygen atoms in total. The van der Waals surface area contributed by atoms with Gasteiger partial charge in [0.15, 0.2) is 6.10 Å². The number of hydrogen-bond donors (Lipinski definition) is 3. The van der Waals surface area contributed by atoms with Crippen molar-refractivity contribution >= 4 is 29.3 Å². The summed E-state index contributed by atoms with van der Waals surface area (Å²) in [6, 6.07) is 4.71. The Balaban J connectivity index is 1.47. The summed E-state index contributed by atoms with van der Waals surface area (Å²) in [6.07, 6.45) is 1.81. The van der Waals surface area contributed by atoms with Crippen LogP contribution in [0.25, 0.3) is 0 Å². The lowest BCUT2D eigenvalue weighted by molar-refractivity contribution is -0.149. The Morgan fingerprint density at radius 3 is 2.96 bits per heavy atom. The molecule has 2 aliphatic heterocycles. The molecule has 3 aliphatic rings. The van der Waals surface area contributed by atoms with Crippen LogP contribution >= 0.6 is 0 Å². The topological polar surface area (TPSA) is 108 Å². The molecule has 1 saturated carbocycles. The molecule has 3 amide bonds. The normalized spacial score (nSPS) is 29.4. The Bertz CT molecular complexity index is 795. The highest BCUT2D eigenvalue weighted by Crippen LogP contribution is 2.49. The fraction of sp³-hybridized carbons (Fsp3) is 0.500. The van der Waals surface area contributed by atoms with Crippen LogP contribution in [0.5, 0.6) is 5.75 Å². The molecule has 2 fully saturated rings. The van der Waals surface area contributed by atoms with Crippen molar-refractivity contribution < 1.29 is 24.2 Å². The summed E-state index contributed by atoms with van der Waals surface area (Å²) >= 11 is 0. The van der Waals surface area contributed by atoms with Gasteiger partial charge in [0.1, 0.15) is 5.75 Å². The minimum atomic E-state index is -0.807. The number of ether oxygens (including phenoxy) is 1. The second-order valence-corrected chi connectivity index (χ2v) is 7.32. The minimum absolute atomic E-state index is 0.0171. The van der Waals surface area contributed by atoms with Gasteiger partial charge >= 0.3 is 12.0 Å². The molecule has 0 bridgehead atoms. The lowest BCUT2D eigenvalue weighted by atomic mass is 9.81. The van der Waals surface area contributed by atoms with Gasteiger partial charge in [-0.25, -0.2) is 4.79 Å². The Kier molecular flexibility index (Phi) is 3.78. The third-order valence-electron chi connectivity index (χ3n) is 5.75. The molecule has 2 heterocycles. The summed E-state index contributed by atoms with van der Waals surface area (Å²) in [5.41, 5.74) is 0.227. The van der Waals surface area contributed by atoms with E-state index < -0.39 is 17.5 Å². The number of likely N-dealkylation sites (tertiary alicyclic amines) is 1. The zero-order valence-corrected chi connectivity index (χ0v) is 14.4. The third kappa shape index (κ3) is 2.56. The van der Waals surface area contributed by atoms with E-state index >= 15 is 0 Å². The smallest absolute Gasteiger partial charge is 0.321 e. The van der Waals surface area contributed by atoms with Crippen LogP contribution in [0.15, 0.2) is 18.2 Å². The van der Waals surface area contributed by atoms with Gasteiger partial charge in [-0.3, -0.25) is 9.59 Å². The number of benzene rings is 1. The largest absolute Gasteiger partial charge is 0.481 e. The summed E-state index contributed by atoms with van der Waals surface area (Å²) in [4.78, 5) is 37.6. The van der Waals surface area contributed by atoms with E-state index in [-0.39, 0.29) is 24.4 Å². The predicted octanol–water partition coefficient (Wildman–Crippen LogP) is 2.12. The molecular weight excluding hydrogens is 338 g/mol. The van der Waals surface area contributed by atoms with Gasteiger partial charge < -0.3 is 25.4 Å². The molecule has 4 rings (SSSR count). The zero-order chi connectivity index (χ0) is 18.5. The predicted molar refractivity (Wildman–Crippen MR) is 93.2 cm³/mol. The molecule has 3 atom stereocenters. The highest BCUT2D eigenvalue weighted by Gasteiger charge is 2.55. The SMILES string of the molecule is CC1Oc2ccc(NC(=O)N3C[C@@H]4CCC[C@@]4(C(=O)O)C3)cc2NC1=O. The molecular formula is C18H21N3O5. The van der Waals surface area contributed by atoms with Gasteiger partial charge in [0.25, 0.3) is 5.91 Å². The second-order valence-electron chi connectivity index (χ2n) is 7.32. The first kappa shape index (κ1) is 16.7. The van der Waals surface area contributed by atoms with Gasteiger partial charge in [0.2, 0.25) is 0 Å². The standard InChI is InChI=1S/C18H21N3O5/c1-10-15(22)20-13-7-12(4-5-14(13)26-10)19-17(25)21-8-11-3-2-6-18(11,9-21)16(23)24/h4-5,7,10-11H,2-3,6,8-9H2,1H3,(H,19,25)(H,20,22)(H,23,24)/t10?,11-,18+/m0/s1. The summed E-state index contributed by atoms with van der Waals surface area (Å²) in [7, 11) is 0. The van der Waals surface area contributed by atoms with Gasteiger partial charge in [-0.2, -0.15) is 0 Å². The maximum atomic E-state index is 12.6. The van der Waals surface area contributed by atoms with E-state index in [2.05, 4.69) is 10.6 Å². The average molecular weight is 359 g/mol. The maximum absolute atomic E-state index is 12.6. The van der Waals surface area contributed by atoms with E-state index in [1.165, 1.54) is 0 Å². The molecule has 0 spiro atoms. The molecule has 0 radical (unpaired) electrons. The molecule has 1 unspecified atom stereocenters. The third-order valence-corrected chi connectivity index (χ3v) is 5.75. The number of carbonyl (C=O) groups is 3. The van der Waals surface area contributed by atoms with Crippen LogP contribution in [0.1, 0.15) is 26.2 Å². The summed E-state index contributed by atoms with van der Waals surface area (Å²) in [5.74, 6) is -0.478. The Morgan fingerprint density at radius 1 is 1.42 bits per heavy atom. The van der Waals surface area contributed by atoms with Crippen molar-refractivity contribution in [3.05, 3.63) is 18.2 Å². The van der Waals surface area contributed by atoms with Gasteiger partial charge in [-0.15, -0.1) is 0 Å². The minimum Gasteiger partial charge on any atom is -0.481 e. The fourth-order valence-electron chi connectivity index (χ4n) is 4.28. The van der Waals surface area contributed by atoms with Gasteiger partial charge in [-0.05, 0) is 43.9 Å². The molecule has 1 aromatic carbocycles. The van der Waals surface area contributed by atoms with Crippen LogP contribution in [-0.4, -0.2) is 47.1 Å². The average Bonchev–Trinajstić information content (AvgIpc) is 3.14. The number of amides is 3. The number of urea groups is 1. The van der Waals surface area contributed by atoms with Crippen molar-refractivity contribution in [2.45, 2.75) is 32.3 Å². The van der Waals surface area contributed by atoms with Crippen LogP contribution in [0, 0.1) is 11.3 Å². The van der Waals surface area contributed by atoms with Crippen molar-refractivity contribution in [3.63, 3.8) is 0 Å². The number of carboxylic acids is 1. The number of aliphatic carboxylic acids is 1. The highest BCUT2D eigenvalue weighted by atomic mass is 16.5. The molecule has 1 saturated heterocycles. The van der Waals surface area contributed by atoms with Crippen LogP contribution < -0.4 is 15.4 Å². The molecule has 3 N–H and O–H groups in total. The number of anilines is 2. The number of nitrogens with one attached hydrogen (secondary N) is 2. The van der Waals surface area contributed by atoms with E-state index in [0.717, 1.165) is 12.8 Å². The highest BCUT2D eigenvalue weighted by molar-refractivity contribution is 5.99. The number of hydrogen-bond acceptors (Lipinski definition) is 4. The summed E-state index contributed by atoms with van der Waals surface area (Å²) in [6.45, 7) is 2.36. The first-order valence-corrected chi connectivity index (χ1v) is 8.80. The monoisotopic (exact) mass is 359 g/mol. The molecule has 26 heavy (non-hydrogen) atoms. The Morgan fingerprint density at radius 2 is 2.23 bits per heavy atom. The molecule has 1 aromatic rings. The number of fused-ring (bicyclic) bond motifs is 2. The summed E-state index contributed by atoms with van der Waals surface area (Å²) in [5, 5.41) is 15.2. The van der Waals surface area contributed by atoms with E-state index in [9.17, 15) is 19.5 Å². The van der Waals surface area contributed by atoms with Crippen molar-refractivity contribution in [1.82, 2.24) is 4.90 Å². The Labute approximate surface area is 150 Å². The van der Waals surface area contributed by atoms with Crippen LogP contribution in [0.3, 0.4) is 0 Å². The maximum Gasteiger partial charge on any atom is 0.321 e. The van der Waals surface area contributed by atoms with Crippen LogP contribution in [0.4, 0.5) is 16.2 Å². The van der Waals surface area contributed by atoms with Gasteiger partial charge in [0.05, 0.1) is 11.1 Å². The van der Waals surface area contributed by atoms with Gasteiger partial charge in [-0.1, -0.05) is 6.42 Å². The lowest BCUT2D eigenvalue weighted by Crippen LogP contribution is -2.38. The van der Waals surface area contributed by atoms with Crippen LogP contribution in [-0.2, 0) is 9.59 Å². The van der Waals surface area contributed by atoms with E-state index in [0.29, 0.717) is 30.1 Å². The zero-order valence-electron chi connectivity index (χ0n) is 14.4. The molecule has 8 heteroatoms. The quantitative estimate of drug-likeness (QED) is 0.750. The number of carbonyl (C=O) groups excluding carboxylic acids is 2. The van der Waals surface area contributed by atoms with Crippen molar-refractivity contribution in [2.75, 3.05) is 23.7 Å². The van der Waals surface area contributed by atoms with E-state index in [4.69, 9.17) is 4.74 Å². The van der Waals surface area contributed by atoms with Crippen molar-refractivity contribution in [1.29, 1.82) is 0 Å². The number of rotatable bonds is 2. The number of nitrogens with zero attached hydrogens (tertiary/aromatic N) is 1. The van der Waals surface area contributed by atoms with Gasteiger partial charge in [0, 0.05) is 18.8 Å². The van der Waals surface area contributed by atoms with Crippen LogP contribution in [0.2, 0.25) is 0 Å². The summed E-state index contributed by atoms with van der Waals surface area (Å²) < 4.78 is 5.49. The molecule has 0 aromatic heterocycles. The lowest BCUT2D eigenvalue weighted by Gasteiger charge is -2.25. The second kappa shape index (κ2) is 5.89. The van der Waals surface area contributed by atoms with Crippen molar-refractivity contribution in [2.24, 2.45) is 11.3 Å². The first-order chi connectivity index (χ1) is 12.4. The fourth-order valence-corrected chi connectivity index (χ4v) is 4.28. The van der Waals surface area contributed by atoms with E-state index in [1.807, 2.05) is 0 Å².